The maximum Gasteiger partial charge on any atom is 0.405 e. The van der Waals surface area contributed by atoms with Crippen molar-refractivity contribution >= 4 is 18.2 Å². The highest BCUT2D eigenvalue weighted by Gasteiger charge is 2.30. The van der Waals surface area contributed by atoms with E-state index in [1.54, 1.807) is 14.1 Å². The van der Waals surface area contributed by atoms with E-state index in [9.17, 15) is 4.57 Å². The van der Waals surface area contributed by atoms with Crippen molar-refractivity contribution in [3.63, 3.8) is 0 Å². The SMILES string of the molecule is CN(C)OP(=O)(OCC(C)(C)C)SCCN1CCOCC1. The first kappa shape index (κ1) is 19.4. The molecule has 0 bridgehead atoms. The van der Waals surface area contributed by atoms with Crippen molar-refractivity contribution in [2.24, 2.45) is 5.41 Å². The van der Waals surface area contributed by atoms with Crippen molar-refractivity contribution in [3.05, 3.63) is 0 Å². The number of rotatable bonds is 8. The average molecular weight is 340 g/mol. The molecule has 6 nitrogen and oxygen atoms in total. The van der Waals surface area contributed by atoms with Crippen LogP contribution in [0.15, 0.2) is 0 Å². The Hall–Kier alpha value is 0.380. The maximum atomic E-state index is 12.7. The summed E-state index contributed by atoms with van der Waals surface area (Å²) in [6.45, 7) is 7.68. The topological polar surface area (TPSA) is 51.2 Å². The summed E-state index contributed by atoms with van der Waals surface area (Å²) in [5.74, 6) is 0.718. The van der Waals surface area contributed by atoms with Crippen molar-refractivity contribution in [2.75, 3.05) is 59.3 Å². The van der Waals surface area contributed by atoms with Crippen LogP contribution in [-0.4, -0.2) is 69.3 Å². The van der Waals surface area contributed by atoms with Gasteiger partial charge in [-0.25, -0.2) is 9.19 Å². The van der Waals surface area contributed by atoms with Gasteiger partial charge in [0.2, 0.25) is 0 Å². The van der Waals surface area contributed by atoms with Gasteiger partial charge in [-0.1, -0.05) is 20.8 Å². The molecule has 1 heterocycles. The van der Waals surface area contributed by atoms with Gasteiger partial charge >= 0.3 is 6.80 Å². The number of hydroxylamine groups is 2. The molecule has 0 N–H and O–H groups in total. The fourth-order valence-corrected chi connectivity index (χ4v) is 5.18. The van der Waals surface area contributed by atoms with E-state index in [1.165, 1.54) is 16.4 Å². The van der Waals surface area contributed by atoms with E-state index in [2.05, 4.69) is 4.90 Å². The zero-order chi connectivity index (χ0) is 15.9. The van der Waals surface area contributed by atoms with Crippen LogP contribution in [0.5, 0.6) is 0 Å². The summed E-state index contributed by atoms with van der Waals surface area (Å²) in [7, 11) is 3.44. The molecule has 1 unspecified atom stereocenters. The third kappa shape index (κ3) is 9.18. The van der Waals surface area contributed by atoms with Gasteiger partial charge in [0.05, 0.1) is 19.8 Å². The summed E-state index contributed by atoms with van der Waals surface area (Å²) in [4.78, 5) is 2.31. The molecule has 0 saturated carbocycles. The van der Waals surface area contributed by atoms with Gasteiger partial charge in [-0.05, 0) is 16.8 Å². The maximum absolute atomic E-state index is 12.7. The van der Waals surface area contributed by atoms with E-state index in [1.807, 2.05) is 20.8 Å². The Bertz CT molecular complexity index is 344. The lowest BCUT2D eigenvalue weighted by Gasteiger charge is -2.28. The first-order valence-electron chi connectivity index (χ1n) is 7.26. The first-order valence-corrected chi connectivity index (χ1v) is 10.4. The van der Waals surface area contributed by atoms with Gasteiger partial charge in [0.1, 0.15) is 0 Å². The Morgan fingerprint density at radius 2 is 1.90 bits per heavy atom. The third-order valence-electron chi connectivity index (χ3n) is 2.68. The number of hydrogen-bond donors (Lipinski definition) is 0. The summed E-state index contributed by atoms with van der Waals surface area (Å²) in [5.41, 5.74) is -0.0455. The second kappa shape index (κ2) is 8.87. The highest BCUT2D eigenvalue weighted by atomic mass is 32.7. The second-order valence-electron chi connectivity index (χ2n) is 6.46. The van der Waals surface area contributed by atoms with E-state index in [-0.39, 0.29) is 5.41 Å². The largest absolute Gasteiger partial charge is 0.405 e. The predicted octanol–water partition coefficient (Wildman–Crippen LogP) is 2.72. The van der Waals surface area contributed by atoms with Crippen LogP contribution in [0.1, 0.15) is 20.8 Å². The van der Waals surface area contributed by atoms with Crippen LogP contribution in [0, 0.1) is 5.41 Å². The molecule has 0 amide bonds. The summed E-state index contributed by atoms with van der Waals surface area (Å²) in [5, 5.41) is 1.45. The first-order chi connectivity index (χ1) is 9.70. The summed E-state index contributed by atoms with van der Waals surface area (Å²) in [6, 6.07) is 0. The molecule has 0 aromatic rings. The lowest BCUT2D eigenvalue weighted by Crippen LogP contribution is -2.37. The van der Waals surface area contributed by atoms with Gasteiger partial charge in [-0.15, -0.1) is 0 Å². The van der Waals surface area contributed by atoms with Gasteiger partial charge in [0, 0.05) is 39.5 Å². The van der Waals surface area contributed by atoms with E-state index < -0.39 is 6.80 Å². The molecule has 0 radical (unpaired) electrons. The van der Waals surface area contributed by atoms with E-state index >= 15 is 0 Å². The molecular formula is C13H29N2O4PS. The van der Waals surface area contributed by atoms with Crippen molar-refractivity contribution < 1.29 is 18.5 Å². The predicted molar refractivity (Wildman–Crippen MR) is 87.5 cm³/mol. The third-order valence-corrected chi connectivity index (χ3v) is 6.35. The van der Waals surface area contributed by atoms with Crippen LogP contribution >= 0.6 is 18.2 Å². The molecule has 0 spiro atoms. The molecule has 1 rings (SSSR count). The zero-order valence-electron chi connectivity index (χ0n) is 13.8. The number of ether oxygens (including phenoxy) is 1. The van der Waals surface area contributed by atoms with Crippen LogP contribution < -0.4 is 0 Å². The minimum Gasteiger partial charge on any atom is -0.379 e. The molecule has 1 aliphatic rings. The minimum atomic E-state index is -3.15. The van der Waals surface area contributed by atoms with Gasteiger partial charge in [0.25, 0.3) is 0 Å². The summed E-state index contributed by atoms with van der Waals surface area (Å²) in [6.07, 6.45) is 0. The van der Waals surface area contributed by atoms with Crippen LogP contribution in [-0.2, 0) is 18.5 Å². The summed E-state index contributed by atoms with van der Waals surface area (Å²) < 4.78 is 29.1. The molecular weight excluding hydrogens is 311 g/mol. The van der Waals surface area contributed by atoms with E-state index in [0.717, 1.165) is 38.6 Å². The molecule has 1 saturated heterocycles. The van der Waals surface area contributed by atoms with Gasteiger partial charge in [-0.2, -0.15) is 5.06 Å². The van der Waals surface area contributed by atoms with E-state index in [4.69, 9.17) is 13.9 Å². The average Bonchev–Trinajstić information content (AvgIpc) is 2.36. The van der Waals surface area contributed by atoms with Crippen LogP contribution in [0.2, 0.25) is 0 Å². The lowest BCUT2D eigenvalue weighted by atomic mass is 9.99. The van der Waals surface area contributed by atoms with Crippen molar-refractivity contribution in [2.45, 2.75) is 20.8 Å². The Labute approximate surface area is 132 Å². The van der Waals surface area contributed by atoms with Gasteiger partial charge < -0.3 is 4.74 Å². The van der Waals surface area contributed by atoms with Crippen LogP contribution in [0.25, 0.3) is 0 Å². The van der Waals surface area contributed by atoms with Crippen LogP contribution in [0.4, 0.5) is 0 Å². The molecule has 8 heteroatoms. The fourth-order valence-electron chi connectivity index (χ4n) is 1.66. The highest BCUT2D eigenvalue weighted by Crippen LogP contribution is 2.61. The Balaban J connectivity index is 2.42. The molecule has 1 atom stereocenters. The lowest BCUT2D eigenvalue weighted by molar-refractivity contribution is -0.0189. The van der Waals surface area contributed by atoms with Gasteiger partial charge in [-0.3, -0.25) is 9.42 Å². The van der Waals surface area contributed by atoms with E-state index in [0.29, 0.717) is 6.61 Å². The molecule has 0 aromatic carbocycles. The molecule has 126 valence electrons. The number of nitrogens with zero attached hydrogens (tertiary/aromatic N) is 2. The fraction of sp³-hybridized carbons (Fsp3) is 1.00. The van der Waals surface area contributed by atoms with Gasteiger partial charge in [0.15, 0.2) is 0 Å². The van der Waals surface area contributed by atoms with Crippen molar-refractivity contribution in [3.8, 4) is 0 Å². The smallest absolute Gasteiger partial charge is 0.379 e. The Kier molecular flexibility index (Phi) is 8.20. The Morgan fingerprint density at radius 3 is 2.43 bits per heavy atom. The molecule has 1 fully saturated rings. The summed E-state index contributed by atoms with van der Waals surface area (Å²) >= 11 is 1.27. The molecule has 0 aromatic heterocycles. The van der Waals surface area contributed by atoms with Crippen molar-refractivity contribution in [1.29, 1.82) is 0 Å². The minimum absolute atomic E-state index is 0.0455. The van der Waals surface area contributed by atoms with Crippen molar-refractivity contribution in [1.82, 2.24) is 9.96 Å². The normalized spacial score (nSPS) is 20.7. The molecule has 21 heavy (non-hydrogen) atoms. The molecule has 1 aliphatic heterocycles. The zero-order valence-corrected chi connectivity index (χ0v) is 15.5. The quantitative estimate of drug-likeness (QED) is 0.497. The number of morpholine rings is 1. The monoisotopic (exact) mass is 340 g/mol. The standard InChI is InChI=1S/C13H29N2O4PS/c1-13(2,3)12-18-20(16,19-14(4)5)21-11-8-15-6-9-17-10-7-15/h6-12H2,1-5H3. The highest BCUT2D eigenvalue weighted by molar-refractivity contribution is 8.55. The Morgan fingerprint density at radius 1 is 1.29 bits per heavy atom. The molecule has 0 aliphatic carbocycles. The number of hydrogen-bond acceptors (Lipinski definition) is 7. The van der Waals surface area contributed by atoms with Crippen LogP contribution in [0.3, 0.4) is 0 Å². The second-order valence-corrected chi connectivity index (χ2v) is 10.6.